The average molecular weight is 226 g/mol. The van der Waals surface area contributed by atoms with Gasteiger partial charge in [-0.25, -0.2) is 4.98 Å². The van der Waals surface area contributed by atoms with Crippen LogP contribution in [0.2, 0.25) is 0 Å². The molecule has 5 heteroatoms. The first-order valence-corrected chi connectivity index (χ1v) is 5.20. The zero-order chi connectivity index (χ0) is 11.8. The second-order valence-electron chi connectivity index (χ2n) is 3.87. The summed E-state index contributed by atoms with van der Waals surface area (Å²) in [6.07, 6.45) is 5.09. The molecule has 1 N–H and O–H groups in total. The normalized spacial score (nSPS) is 10.9. The number of hydrogen-bond acceptors (Lipinski definition) is 3. The molecule has 84 valence electrons. The second-order valence-corrected chi connectivity index (χ2v) is 3.87. The summed E-state index contributed by atoms with van der Waals surface area (Å²) in [7, 11) is 1.86. The quantitative estimate of drug-likeness (QED) is 0.680. The Balaban J connectivity index is 2.26. The van der Waals surface area contributed by atoms with Crippen molar-refractivity contribution < 1.29 is 0 Å². The molecule has 0 atom stereocenters. The zero-order valence-electron chi connectivity index (χ0n) is 9.21. The Kier molecular flexibility index (Phi) is 2.04. The van der Waals surface area contributed by atoms with E-state index < -0.39 is 0 Å². The topological polar surface area (TPSA) is 63.6 Å². The Labute approximate surface area is 96.7 Å². The van der Waals surface area contributed by atoms with Gasteiger partial charge in [-0.1, -0.05) is 6.07 Å². The van der Waals surface area contributed by atoms with Gasteiger partial charge in [0, 0.05) is 18.8 Å². The molecule has 17 heavy (non-hydrogen) atoms. The Morgan fingerprint density at radius 2 is 2.18 bits per heavy atom. The van der Waals surface area contributed by atoms with Gasteiger partial charge in [-0.3, -0.25) is 9.48 Å². The summed E-state index contributed by atoms with van der Waals surface area (Å²) >= 11 is 0. The first-order chi connectivity index (χ1) is 8.24. The van der Waals surface area contributed by atoms with Gasteiger partial charge in [0.15, 0.2) is 0 Å². The molecule has 0 saturated carbocycles. The van der Waals surface area contributed by atoms with Crippen molar-refractivity contribution in [3.8, 4) is 11.1 Å². The number of benzene rings is 1. The summed E-state index contributed by atoms with van der Waals surface area (Å²) in [4.78, 5) is 18.3. The molecule has 3 aromatic rings. The zero-order valence-corrected chi connectivity index (χ0v) is 9.21. The van der Waals surface area contributed by atoms with Crippen molar-refractivity contribution >= 4 is 10.9 Å². The van der Waals surface area contributed by atoms with Crippen molar-refractivity contribution in [3.05, 3.63) is 47.3 Å². The van der Waals surface area contributed by atoms with E-state index >= 15 is 0 Å². The molecule has 0 saturated heterocycles. The molecule has 0 spiro atoms. The first kappa shape index (κ1) is 9.77. The summed E-state index contributed by atoms with van der Waals surface area (Å²) in [5, 5.41) is 4.70. The summed E-state index contributed by atoms with van der Waals surface area (Å²) in [6, 6.07) is 5.61. The predicted octanol–water partition coefficient (Wildman–Crippen LogP) is 1.32. The van der Waals surface area contributed by atoms with Gasteiger partial charge in [0.1, 0.15) is 0 Å². The number of nitrogens with zero attached hydrogens (tertiary/aromatic N) is 3. The SMILES string of the molecule is Cn1cc(-c2ccc3nc[nH]c(=O)c3c2)cn1. The molecule has 3 rings (SSSR count). The predicted molar refractivity (Wildman–Crippen MR) is 64.6 cm³/mol. The Bertz CT molecular complexity index is 741. The summed E-state index contributed by atoms with van der Waals surface area (Å²) in [5.74, 6) is 0. The van der Waals surface area contributed by atoms with Crippen LogP contribution in [0.25, 0.3) is 22.0 Å². The van der Waals surface area contributed by atoms with Crippen LogP contribution in [0, 0.1) is 0 Å². The van der Waals surface area contributed by atoms with Crippen molar-refractivity contribution in [2.75, 3.05) is 0 Å². The lowest BCUT2D eigenvalue weighted by Crippen LogP contribution is -2.05. The molecule has 0 fully saturated rings. The van der Waals surface area contributed by atoms with Gasteiger partial charge in [0.05, 0.1) is 23.4 Å². The molecule has 2 aromatic heterocycles. The van der Waals surface area contributed by atoms with Crippen molar-refractivity contribution in [1.82, 2.24) is 19.7 Å². The fraction of sp³-hybridized carbons (Fsp3) is 0.0833. The summed E-state index contributed by atoms with van der Waals surface area (Å²) < 4.78 is 1.73. The third-order valence-corrected chi connectivity index (χ3v) is 2.68. The smallest absolute Gasteiger partial charge is 0.258 e. The van der Waals surface area contributed by atoms with E-state index in [0.717, 1.165) is 11.1 Å². The Morgan fingerprint density at radius 3 is 2.94 bits per heavy atom. The first-order valence-electron chi connectivity index (χ1n) is 5.20. The number of nitrogens with one attached hydrogen (secondary N) is 1. The maximum absolute atomic E-state index is 11.7. The molecule has 2 heterocycles. The van der Waals surface area contributed by atoms with Crippen LogP contribution in [-0.4, -0.2) is 19.7 Å². The van der Waals surface area contributed by atoms with E-state index in [1.807, 2.05) is 31.4 Å². The number of fused-ring (bicyclic) bond motifs is 1. The highest BCUT2D eigenvalue weighted by molar-refractivity contribution is 5.83. The fourth-order valence-electron chi connectivity index (χ4n) is 1.82. The molecule has 0 radical (unpaired) electrons. The number of H-pyrrole nitrogens is 1. The molecule has 0 aliphatic rings. The fourth-order valence-corrected chi connectivity index (χ4v) is 1.82. The van der Waals surface area contributed by atoms with Crippen molar-refractivity contribution in [1.29, 1.82) is 0 Å². The highest BCUT2D eigenvalue weighted by Crippen LogP contribution is 2.20. The minimum absolute atomic E-state index is 0.124. The minimum atomic E-state index is -0.124. The van der Waals surface area contributed by atoms with Crippen LogP contribution in [0.5, 0.6) is 0 Å². The van der Waals surface area contributed by atoms with Crippen LogP contribution in [-0.2, 0) is 7.05 Å². The molecule has 0 amide bonds. The monoisotopic (exact) mass is 226 g/mol. The van der Waals surface area contributed by atoms with E-state index in [1.54, 1.807) is 10.9 Å². The third kappa shape index (κ3) is 1.61. The van der Waals surface area contributed by atoms with Crippen LogP contribution >= 0.6 is 0 Å². The maximum Gasteiger partial charge on any atom is 0.258 e. The lowest BCUT2D eigenvalue weighted by molar-refractivity contribution is 0.768. The lowest BCUT2D eigenvalue weighted by Gasteiger charge is -1.99. The molecular weight excluding hydrogens is 216 g/mol. The van der Waals surface area contributed by atoms with Crippen LogP contribution < -0.4 is 5.56 Å². The van der Waals surface area contributed by atoms with Gasteiger partial charge < -0.3 is 4.98 Å². The van der Waals surface area contributed by atoms with Crippen LogP contribution in [0.1, 0.15) is 0 Å². The van der Waals surface area contributed by atoms with Crippen LogP contribution in [0.15, 0.2) is 41.7 Å². The molecule has 0 aliphatic heterocycles. The largest absolute Gasteiger partial charge is 0.313 e. The average Bonchev–Trinajstić information content (AvgIpc) is 2.76. The highest BCUT2D eigenvalue weighted by atomic mass is 16.1. The van der Waals surface area contributed by atoms with Crippen LogP contribution in [0.3, 0.4) is 0 Å². The summed E-state index contributed by atoms with van der Waals surface area (Å²) in [5.41, 5.74) is 2.52. The molecule has 0 aliphatic carbocycles. The van der Waals surface area contributed by atoms with E-state index in [2.05, 4.69) is 15.1 Å². The van der Waals surface area contributed by atoms with Crippen LogP contribution in [0.4, 0.5) is 0 Å². The molecular formula is C12H10N4O. The number of rotatable bonds is 1. The van der Waals surface area contributed by atoms with E-state index in [4.69, 9.17) is 0 Å². The third-order valence-electron chi connectivity index (χ3n) is 2.68. The summed E-state index contributed by atoms with van der Waals surface area (Å²) in [6.45, 7) is 0. The van der Waals surface area contributed by atoms with Gasteiger partial charge in [0.25, 0.3) is 5.56 Å². The number of aromatic nitrogens is 4. The Morgan fingerprint density at radius 1 is 1.29 bits per heavy atom. The van der Waals surface area contributed by atoms with E-state index in [1.165, 1.54) is 6.33 Å². The van der Waals surface area contributed by atoms with Gasteiger partial charge >= 0.3 is 0 Å². The minimum Gasteiger partial charge on any atom is -0.313 e. The molecule has 1 aromatic carbocycles. The van der Waals surface area contributed by atoms with Gasteiger partial charge in [-0.15, -0.1) is 0 Å². The van der Waals surface area contributed by atoms with E-state index in [-0.39, 0.29) is 5.56 Å². The number of aryl methyl sites for hydroxylation is 1. The second kappa shape index (κ2) is 3.55. The number of hydrogen-bond donors (Lipinski definition) is 1. The molecule has 0 unspecified atom stereocenters. The highest BCUT2D eigenvalue weighted by Gasteiger charge is 2.04. The van der Waals surface area contributed by atoms with E-state index in [0.29, 0.717) is 10.9 Å². The molecule has 0 bridgehead atoms. The standard InChI is InChI=1S/C12H10N4O/c1-16-6-9(5-15-16)8-2-3-11-10(4-8)12(17)14-7-13-11/h2-7H,1H3,(H,13,14,17). The van der Waals surface area contributed by atoms with Crippen molar-refractivity contribution in [2.45, 2.75) is 0 Å². The number of aromatic amines is 1. The van der Waals surface area contributed by atoms with Gasteiger partial charge in [-0.05, 0) is 17.7 Å². The van der Waals surface area contributed by atoms with Gasteiger partial charge in [0.2, 0.25) is 0 Å². The Hall–Kier alpha value is -2.43. The molecule has 5 nitrogen and oxygen atoms in total. The van der Waals surface area contributed by atoms with Crippen molar-refractivity contribution in [2.24, 2.45) is 7.05 Å². The lowest BCUT2D eigenvalue weighted by atomic mass is 10.1. The maximum atomic E-state index is 11.7. The van der Waals surface area contributed by atoms with Crippen molar-refractivity contribution in [3.63, 3.8) is 0 Å². The van der Waals surface area contributed by atoms with Gasteiger partial charge in [-0.2, -0.15) is 5.10 Å². The van der Waals surface area contributed by atoms with E-state index in [9.17, 15) is 4.79 Å².